The number of rotatable bonds is 7. The fraction of sp³-hybridized carbons (Fsp3) is 0.250. The van der Waals surface area contributed by atoms with Crippen LogP contribution < -0.4 is 14.8 Å². The van der Waals surface area contributed by atoms with Crippen molar-refractivity contribution in [3.63, 3.8) is 0 Å². The van der Waals surface area contributed by atoms with E-state index in [-0.39, 0.29) is 12.4 Å². The molecule has 0 atom stereocenters. The lowest BCUT2D eigenvalue weighted by molar-refractivity contribution is 0.0697. The maximum atomic E-state index is 11.2. The second-order valence-corrected chi connectivity index (χ2v) is 7.84. The number of nitrogens with one attached hydrogen (secondary N) is 1. The third kappa shape index (κ3) is 3.93. The highest BCUT2D eigenvalue weighted by atomic mass is 16.7. The van der Waals surface area contributed by atoms with E-state index in [4.69, 9.17) is 19.4 Å². The van der Waals surface area contributed by atoms with Crippen molar-refractivity contribution in [2.75, 3.05) is 12.1 Å². The maximum absolute atomic E-state index is 11.2. The zero-order chi connectivity index (χ0) is 22.9. The summed E-state index contributed by atoms with van der Waals surface area (Å²) in [5.74, 6) is 1.67. The average molecular weight is 445 g/mol. The molecule has 0 radical (unpaired) electrons. The van der Waals surface area contributed by atoms with Crippen LogP contribution in [0.3, 0.4) is 0 Å². The number of nitrogens with zero attached hydrogens (tertiary/aromatic N) is 4. The summed E-state index contributed by atoms with van der Waals surface area (Å²) in [6.45, 7) is 2.86. The topological polar surface area (TPSA) is 111 Å². The SMILES string of the molecule is CCCc1nn(C)c2c(NCc3ccc4c(c3)OCO4)nc(-c3ccc(C(=O)O)cc3)nc12. The molecule has 5 rings (SSSR count). The number of carboxylic acid groups (broad SMARTS) is 1. The number of hydrogen-bond donors (Lipinski definition) is 2. The molecule has 0 aliphatic carbocycles. The van der Waals surface area contributed by atoms with Crippen LogP contribution in [-0.2, 0) is 20.0 Å². The fourth-order valence-corrected chi connectivity index (χ4v) is 3.90. The van der Waals surface area contributed by atoms with Gasteiger partial charge in [0, 0.05) is 19.2 Å². The zero-order valence-corrected chi connectivity index (χ0v) is 18.3. The molecule has 0 spiro atoms. The van der Waals surface area contributed by atoms with Crippen LogP contribution in [0.25, 0.3) is 22.4 Å². The van der Waals surface area contributed by atoms with Crippen LogP contribution in [0.15, 0.2) is 42.5 Å². The van der Waals surface area contributed by atoms with Crippen LogP contribution in [-0.4, -0.2) is 37.6 Å². The highest BCUT2D eigenvalue weighted by Crippen LogP contribution is 2.33. The first-order valence-electron chi connectivity index (χ1n) is 10.7. The quantitative estimate of drug-likeness (QED) is 0.439. The largest absolute Gasteiger partial charge is 0.478 e. The van der Waals surface area contributed by atoms with Gasteiger partial charge >= 0.3 is 5.97 Å². The van der Waals surface area contributed by atoms with E-state index in [1.807, 2.05) is 25.2 Å². The Hall–Kier alpha value is -4.14. The summed E-state index contributed by atoms with van der Waals surface area (Å²) in [5, 5.41) is 17.3. The molecule has 1 aliphatic heterocycles. The summed E-state index contributed by atoms with van der Waals surface area (Å²) in [5.41, 5.74) is 4.50. The minimum absolute atomic E-state index is 0.217. The number of aromatic nitrogens is 4. The number of fused-ring (bicyclic) bond motifs is 2. The fourth-order valence-electron chi connectivity index (χ4n) is 3.90. The molecule has 2 aromatic heterocycles. The number of carbonyl (C=O) groups is 1. The van der Waals surface area contributed by atoms with Crippen LogP contribution in [0.5, 0.6) is 11.5 Å². The Morgan fingerprint density at radius 3 is 2.67 bits per heavy atom. The molecule has 168 valence electrons. The van der Waals surface area contributed by atoms with Gasteiger partial charge in [0.15, 0.2) is 23.1 Å². The van der Waals surface area contributed by atoms with Gasteiger partial charge in [0.05, 0.1) is 11.3 Å². The van der Waals surface area contributed by atoms with E-state index in [1.165, 1.54) is 0 Å². The Balaban J connectivity index is 1.54. The van der Waals surface area contributed by atoms with Crippen molar-refractivity contribution >= 4 is 22.8 Å². The first-order valence-corrected chi connectivity index (χ1v) is 10.7. The summed E-state index contributed by atoms with van der Waals surface area (Å²) < 4.78 is 12.7. The van der Waals surface area contributed by atoms with Crippen LogP contribution in [0.1, 0.15) is 35.0 Å². The van der Waals surface area contributed by atoms with Gasteiger partial charge in [-0.2, -0.15) is 5.10 Å². The van der Waals surface area contributed by atoms with E-state index in [9.17, 15) is 9.90 Å². The number of ether oxygens (including phenoxy) is 2. The van der Waals surface area contributed by atoms with Crippen molar-refractivity contribution in [2.45, 2.75) is 26.3 Å². The average Bonchev–Trinajstić information content (AvgIpc) is 3.41. The van der Waals surface area contributed by atoms with Gasteiger partial charge in [-0.25, -0.2) is 14.8 Å². The highest BCUT2D eigenvalue weighted by molar-refractivity contribution is 5.90. The van der Waals surface area contributed by atoms with Gasteiger partial charge < -0.3 is 19.9 Å². The van der Waals surface area contributed by atoms with Gasteiger partial charge in [-0.15, -0.1) is 0 Å². The summed E-state index contributed by atoms with van der Waals surface area (Å²) in [7, 11) is 1.89. The first-order chi connectivity index (χ1) is 16.0. The lowest BCUT2D eigenvalue weighted by Gasteiger charge is -2.11. The van der Waals surface area contributed by atoms with Crippen molar-refractivity contribution in [1.82, 2.24) is 19.7 Å². The van der Waals surface area contributed by atoms with Crippen molar-refractivity contribution in [3.8, 4) is 22.9 Å². The van der Waals surface area contributed by atoms with Crippen molar-refractivity contribution in [1.29, 1.82) is 0 Å². The molecule has 2 aromatic carbocycles. The molecule has 4 aromatic rings. The molecule has 0 amide bonds. The zero-order valence-electron chi connectivity index (χ0n) is 18.3. The van der Waals surface area contributed by atoms with E-state index in [2.05, 4.69) is 17.3 Å². The molecule has 2 N–H and O–H groups in total. The minimum Gasteiger partial charge on any atom is -0.478 e. The van der Waals surface area contributed by atoms with Crippen molar-refractivity contribution in [2.24, 2.45) is 7.05 Å². The Kier molecular flexibility index (Phi) is 5.29. The smallest absolute Gasteiger partial charge is 0.335 e. The van der Waals surface area contributed by atoms with Crippen LogP contribution in [0.2, 0.25) is 0 Å². The number of hydrogen-bond acceptors (Lipinski definition) is 7. The second-order valence-electron chi connectivity index (χ2n) is 7.84. The molecule has 0 saturated carbocycles. The number of benzene rings is 2. The van der Waals surface area contributed by atoms with Gasteiger partial charge in [0.2, 0.25) is 6.79 Å². The molecular weight excluding hydrogens is 422 g/mol. The number of aryl methyl sites for hydroxylation is 2. The summed E-state index contributed by atoms with van der Waals surface area (Å²) in [6, 6.07) is 12.4. The number of aromatic carboxylic acids is 1. The van der Waals surface area contributed by atoms with Gasteiger partial charge in [-0.3, -0.25) is 4.68 Å². The van der Waals surface area contributed by atoms with E-state index in [0.717, 1.165) is 52.2 Å². The summed E-state index contributed by atoms with van der Waals surface area (Å²) >= 11 is 0. The third-order valence-electron chi connectivity index (χ3n) is 5.53. The second kappa shape index (κ2) is 8.42. The molecule has 0 unspecified atom stereocenters. The first kappa shape index (κ1) is 20.7. The molecule has 9 heteroatoms. The Bertz CT molecular complexity index is 1350. The molecule has 0 fully saturated rings. The Labute approximate surface area is 190 Å². The number of carboxylic acids is 1. The molecule has 33 heavy (non-hydrogen) atoms. The van der Waals surface area contributed by atoms with E-state index >= 15 is 0 Å². The molecule has 3 heterocycles. The molecule has 9 nitrogen and oxygen atoms in total. The molecule has 0 saturated heterocycles. The normalized spacial score (nSPS) is 12.3. The van der Waals surface area contributed by atoms with E-state index in [0.29, 0.717) is 18.2 Å². The van der Waals surface area contributed by atoms with Crippen LogP contribution in [0.4, 0.5) is 5.82 Å². The van der Waals surface area contributed by atoms with E-state index < -0.39 is 5.97 Å². The monoisotopic (exact) mass is 445 g/mol. The summed E-state index contributed by atoms with van der Waals surface area (Å²) in [4.78, 5) is 20.8. The Morgan fingerprint density at radius 1 is 1.12 bits per heavy atom. The minimum atomic E-state index is -0.971. The van der Waals surface area contributed by atoms with Crippen molar-refractivity contribution < 1.29 is 19.4 Å². The lowest BCUT2D eigenvalue weighted by atomic mass is 10.1. The van der Waals surface area contributed by atoms with Crippen LogP contribution in [0, 0.1) is 0 Å². The van der Waals surface area contributed by atoms with Crippen molar-refractivity contribution in [3.05, 3.63) is 59.3 Å². The van der Waals surface area contributed by atoms with Gasteiger partial charge in [-0.05, 0) is 36.2 Å². The van der Waals surface area contributed by atoms with Gasteiger partial charge in [-0.1, -0.05) is 31.5 Å². The van der Waals surface area contributed by atoms with Gasteiger partial charge in [0.1, 0.15) is 11.0 Å². The predicted octanol–water partition coefficient (Wildman–Crippen LogP) is 4.02. The Morgan fingerprint density at radius 2 is 1.91 bits per heavy atom. The third-order valence-corrected chi connectivity index (χ3v) is 5.53. The number of anilines is 1. The van der Waals surface area contributed by atoms with Crippen LogP contribution >= 0.6 is 0 Å². The maximum Gasteiger partial charge on any atom is 0.335 e. The predicted molar refractivity (Wildman–Crippen MR) is 123 cm³/mol. The summed E-state index contributed by atoms with van der Waals surface area (Å²) in [6.07, 6.45) is 1.74. The highest BCUT2D eigenvalue weighted by Gasteiger charge is 2.19. The molecule has 0 bridgehead atoms. The lowest BCUT2D eigenvalue weighted by Crippen LogP contribution is -2.06. The van der Waals surface area contributed by atoms with E-state index in [1.54, 1.807) is 28.9 Å². The molecule has 1 aliphatic rings. The van der Waals surface area contributed by atoms with Gasteiger partial charge in [0.25, 0.3) is 0 Å². The standard InChI is InChI=1S/C24H23N5O4/c1-3-4-17-20-21(29(2)28-17)23(25-12-14-5-10-18-19(11-14)33-13-32-18)27-22(26-20)15-6-8-16(9-7-15)24(30)31/h5-11H,3-4,12-13H2,1-2H3,(H,30,31)(H,25,26,27). The molecular formula is C24H23N5O4.